The average Bonchev–Trinajstić information content (AvgIpc) is 3.37. The maximum Gasteiger partial charge on any atom is 0.338 e. The summed E-state index contributed by atoms with van der Waals surface area (Å²) in [5, 5.41) is 1.35. The van der Waals surface area contributed by atoms with Gasteiger partial charge in [-0.25, -0.2) is 9.79 Å². The van der Waals surface area contributed by atoms with E-state index in [1.54, 1.807) is 68.6 Å². The van der Waals surface area contributed by atoms with Gasteiger partial charge < -0.3 is 9.15 Å². The Labute approximate surface area is 204 Å². The van der Waals surface area contributed by atoms with Crippen LogP contribution in [0.1, 0.15) is 23.0 Å². The number of halogens is 2. The molecule has 9 heteroatoms. The Hall–Kier alpha value is -3.00. The number of esters is 1. The maximum absolute atomic E-state index is 12.7. The molecule has 1 aromatic heterocycles. The number of ether oxygens (including phenoxy) is 1. The van der Waals surface area contributed by atoms with Gasteiger partial charge in [0.05, 0.1) is 32.8 Å². The van der Waals surface area contributed by atoms with Gasteiger partial charge in [-0.1, -0.05) is 29.3 Å². The van der Waals surface area contributed by atoms with E-state index in [9.17, 15) is 9.59 Å². The Bertz CT molecular complexity index is 1280. The summed E-state index contributed by atoms with van der Waals surface area (Å²) in [6.07, 6.45) is 1.66. The van der Waals surface area contributed by atoms with E-state index in [1.165, 1.54) is 16.7 Å². The van der Waals surface area contributed by atoms with Crippen molar-refractivity contribution in [1.29, 1.82) is 0 Å². The first-order valence-electron chi connectivity index (χ1n) is 9.95. The van der Waals surface area contributed by atoms with E-state index in [4.69, 9.17) is 32.4 Å². The lowest BCUT2D eigenvalue weighted by molar-refractivity contribution is -0.121. The molecule has 2 aromatic carbocycles. The maximum atomic E-state index is 12.7. The molecule has 0 N–H and O–H groups in total. The second-order valence-electron chi connectivity index (χ2n) is 6.94. The van der Waals surface area contributed by atoms with E-state index in [2.05, 4.69) is 4.99 Å². The molecular weight excluding hydrogens is 483 g/mol. The van der Waals surface area contributed by atoms with Gasteiger partial charge in [0.1, 0.15) is 11.5 Å². The molecule has 1 aliphatic heterocycles. The molecule has 1 amide bonds. The zero-order valence-electron chi connectivity index (χ0n) is 17.7. The number of aliphatic imine (C=N–C) groups is 1. The van der Waals surface area contributed by atoms with Gasteiger partial charge in [-0.15, -0.1) is 0 Å². The van der Waals surface area contributed by atoms with Gasteiger partial charge in [0.2, 0.25) is 0 Å². The van der Waals surface area contributed by atoms with E-state index < -0.39 is 0 Å². The third-order valence-electron chi connectivity index (χ3n) is 4.72. The molecule has 0 aliphatic carbocycles. The van der Waals surface area contributed by atoms with Crippen molar-refractivity contribution in [2.24, 2.45) is 4.99 Å². The molecule has 1 saturated heterocycles. The number of thioether (sulfide) groups is 1. The molecule has 1 fully saturated rings. The highest BCUT2D eigenvalue weighted by Crippen LogP contribution is 2.37. The first kappa shape index (κ1) is 23.2. The number of hydrogen-bond acceptors (Lipinski definition) is 6. The summed E-state index contributed by atoms with van der Waals surface area (Å²) in [5.41, 5.74) is 1.73. The molecule has 2 heterocycles. The number of likely N-dealkylation sites (N-methyl/N-ethyl adjacent to an activating group) is 1. The molecule has 168 valence electrons. The minimum atomic E-state index is -0.388. The SMILES string of the molecule is CCOC(=O)c1ccc(N=C2S/C(=C/c3ccc(-c4cccc(Cl)c4Cl)o3)C(=O)N2C)cc1. The predicted molar refractivity (Wildman–Crippen MR) is 132 cm³/mol. The molecule has 0 radical (unpaired) electrons. The second-order valence-corrected chi connectivity index (χ2v) is 8.73. The van der Waals surface area contributed by atoms with Crippen LogP contribution in [-0.4, -0.2) is 35.6 Å². The zero-order valence-corrected chi connectivity index (χ0v) is 20.0. The van der Waals surface area contributed by atoms with Crippen molar-refractivity contribution < 1.29 is 18.7 Å². The molecule has 0 spiro atoms. The van der Waals surface area contributed by atoms with Gasteiger partial charge in [0.15, 0.2) is 5.17 Å². The summed E-state index contributed by atoms with van der Waals surface area (Å²) < 4.78 is 10.9. The van der Waals surface area contributed by atoms with Crippen molar-refractivity contribution >= 4 is 63.8 Å². The molecule has 0 saturated carbocycles. The number of nitrogens with zero attached hydrogens (tertiary/aromatic N) is 2. The number of amidine groups is 1. The van der Waals surface area contributed by atoms with E-state index in [0.717, 1.165) is 0 Å². The van der Waals surface area contributed by atoms with Crippen molar-refractivity contribution in [3.05, 3.63) is 80.9 Å². The summed E-state index contributed by atoms with van der Waals surface area (Å²) in [5.74, 6) is 0.473. The molecule has 0 unspecified atom stereocenters. The van der Waals surface area contributed by atoms with Gasteiger partial charge in [-0.05, 0) is 67.2 Å². The molecule has 6 nitrogen and oxygen atoms in total. The van der Waals surface area contributed by atoms with Crippen molar-refractivity contribution in [3.8, 4) is 11.3 Å². The molecule has 3 aromatic rings. The van der Waals surface area contributed by atoms with Crippen molar-refractivity contribution in [1.82, 2.24) is 4.90 Å². The van der Waals surface area contributed by atoms with Crippen LogP contribution in [0.4, 0.5) is 5.69 Å². The summed E-state index contributed by atoms with van der Waals surface area (Å²) in [4.78, 5) is 31.0. The topological polar surface area (TPSA) is 72.1 Å². The van der Waals surface area contributed by atoms with Crippen molar-refractivity contribution in [3.63, 3.8) is 0 Å². The normalized spacial score (nSPS) is 16.1. The molecule has 4 rings (SSSR count). The lowest BCUT2D eigenvalue weighted by Crippen LogP contribution is -2.23. The average molecular weight is 501 g/mol. The fourth-order valence-corrected chi connectivity index (χ4v) is 4.41. The van der Waals surface area contributed by atoms with E-state index in [0.29, 0.717) is 55.1 Å². The van der Waals surface area contributed by atoms with Crippen LogP contribution in [0.2, 0.25) is 10.0 Å². The molecule has 33 heavy (non-hydrogen) atoms. The standard InChI is InChI=1S/C24H18Cl2N2O4S/c1-3-31-23(30)14-7-9-15(10-8-14)27-24-28(2)22(29)20(33-24)13-16-11-12-19(32-16)17-5-4-6-18(25)21(17)26/h4-13H,3H2,1-2H3/b20-13+,27-24?. The van der Waals surface area contributed by atoms with Gasteiger partial charge >= 0.3 is 5.97 Å². The van der Waals surface area contributed by atoms with Crippen molar-refractivity contribution in [2.75, 3.05) is 13.7 Å². The van der Waals surface area contributed by atoms with Crippen LogP contribution in [0.3, 0.4) is 0 Å². The summed E-state index contributed by atoms with van der Waals surface area (Å²) in [7, 11) is 1.65. The van der Waals surface area contributed by atoms with Crippen LogP contribution in [0.5, 0.6) is 0 Å². The quantitative estimate of drug-likeness (QED) is 0.289. The number of furan rings is 1. The number of benzene rings is 2. The highest BCUT2D eigenvalue weighted by Gasteiger charge is 2.30. The van der Waals surface area contributed by atoms with Crippen LogP contribution in [0.25, 0.3) is 17.4 Å². The third-order valence-corrected chi connectivity index (χ3v) is 6.60. The highest BCUT2D eigenvalue weighted by atomic mass is 35.5. The smallest absolute Gasteiger partial charge is 0.338 e. The third kappa shape index (κ3) is 5.00. The number of rotatable bonds is 5. The summed E-state index contributed by atoms with van der Waals surface area (Å²) in [6, 6.07) is 15.5. The number of amides is 1. The zero-order chi connectivity index (χ0) is 23.5. The summed E-state index contributed by atoms with van der Waals surface area (Å²) >= 11 is 13.6. The highest BCUT2D eigenvalue weighted by molar-refractivity contribution is 8.18. The first-order valence-corrected chi connectivity index (χ1v) is 11.5. The Morgan fingerprint density at radius 2 is 1.91 bits per heavy atom. The largest absolute Gasteiger partial charge is 0.462 e. The fourth-order valence-electron chi connectivity index (χ4n) is 3.05. The van der Waals surface area contributed by atoms with E-state index in [1.807, 2.05) is 6.07 Å². The fraction of sp³-hybridized carbons (Fsp3) is 0.125. The first-order chi connectivity index (χ1) is 15.9. The monoisotopic (exact) mass is 500 g/mol. The Kier molecular flexibility index (Phi) is 6.93. The predicted octanol–water partition coefficient (Wildman–Crippen LogP) is 6.66. The van der Waals surface area contributed by atoms with E-state index in [-0.39, 0.29) is 11.9 Å². The minimum absolute atomic E-state index is 0.194. The Morgan fingerprint density at radius 3 is 2.64 bits per heavy atom. The van der Waals surface area contributed by atoms with Crippen LogP contribution >= 0.6 is 35.0 Å². The molecular formula is C24H18Cl2N2O4S. The van der Waals surface area contributed by atoms with Crippen LogP contribution in [-0.2, 0) is 9.53 Å². The lowest BCUT2D eigenvalue weighted by atomic mass is 10.2. The number of hydrogen-bond donors (Lipinski definition) is 0. The van der Waals surface area contributed by atoms with Gasteiger partial charge in [-0.3, -0.25) is 9.69 Å². The Balaban J connectivity index is 1.54. The molecule has 0 bridgehead atoms. The van der Waals surface area contributed by atoms with Crippen LogP contribution in [0, 0.1) is 0 Å². The Morgan fingerprint density at radius 1 is 1.15 bits per heavy atom. The van der Waals surface area contributed by atoms with Gasteiger partial charge in [0.25, 0.3) is 5.91 Å². The molecule has 0 atom stereocenters. The van der Waals surface area contributed by atoms with Crippen molar-refractivity contribution in [2.45, 2.75) is 6.92 Å². The number of carbonyl (C=O) groups excluding carboxylic acids is 2. The van der Waals surface area contributed by atoms with E-state index >= 15 is 0 Å². The minimum Gasteiger partial charge on any atom is -0.462 e. The van der Waals surface area contributed by atoms with Crippen LogP contribution in [0.15, 0.2) is 68.9 Å². The number of carbonyl (C=O) groups is 2. The lowest BCUT2D eigenvalue weighted by Gasteiger charge is -2.07. The van der Waals surface area contributed by atoms with Gasteiger partial charge in [0, 0.05) is 18.7 Å². The summed E-state index contributed by atoms with van der Waals surface area (Å²) in [6.45, 7) is 2.06. The van der Waals surface area contributed by atoms with Crippen LogP contribution < -0.4 is 0 Å². The van der Waals surface area contributed by atoms with Gasteiger partial charge in [-0.2, -0.15) is 0 Å². The second kappa shape index (κ2) is 9.87. The molecule has 1 aliphatic rings.